The fourth-order valence-corrected chi connectivity index (χ4v) is 4.28. The first kappa shape index (κ1) is 22.9. The molecule has 0 aliphatic carbocycles. The zero-order valence-corrected chi connectivity index (χ0v) is 19.9. The number of nitrogens with zero attached hydrogens (tertiary/aromatic N) is 2. The molecule has 170 valence electrons. The smallest absolute Gasteiger partial charge is 0.215 e. The fraction of sp³-hybridized carbons (Fsp3) is 0.259. The third-order valence-corrected chi connectivity index (χ3v) is 5.86. The Morgan fingerprint density at radius 3 is 2.42 bits per heavy atom. The second kappa shape index (κ2) is 9.67. The number of aryl methyl sites for hydroxylation is 1. The van der Waals surface area contributed by atoms with E-state index in [9.17, 15) is 4.79 Å². The summed E-state index contributed by atoms with van der Waals surface area (Å²) >= 11 is 6.14. The minimum absolute atomic E-state index is 0.0535. The average Bonchev–Trinajstić information content (AvgIpc) is 3.18. The van der Waals surface area contributed by atoms with Crippen LogP contribution in [-0.2, 0) is 4.79 Å². The molecular weight excluding hydrogens is 436 g/mol. The van der Waals surface area contributed by atoms with Crippen molar-refractivity contribution in [1.82, 2.24) is 4.90 Å². The molecule has 3 aromatic rings. The topological polar surface area (TPSA) is 51.1 Å². The Morgan fingerprint density at radius 1 is 1.03 bits per heavy atom. The molecule has 0 bridgehead atoms. The largest absolute Gasteiger partial charge is 0.497 e. The molecule has 0 saturated heterocycles. The van der Waals surface area contributed by atoms with Crippen molar-refractivity contribution in [3.63, 3.8) is 0 Å². The second-order valence-corrected chi connectivity index (χ2v) is 8.79. The molecule has 0 spiro atoms. The summed E-state index contributed by atoms with van der Waals surface area (Å²) in [4.78, 5) is 19.3. The first-order valence-corrected chi connectivity index (χ1v) is 11.3. The van der Waals surface area contributed by atoms with Gasteiger partial charge in [0.15, 0.2) is 0 Å². The highest BCUT2D eigenvalue weighted by molar-refractivity contribution is 6.30. The predicted octanol–water partition coefficient (Wildman–Crippen LogP) is 6.15. The van der Waals surface area contributed by atoms with Crippen LogP contribution in [-0.4, -0.2) is 30.4 Å². The van der Waals surface area contributed by atoms with Crippen molar-refractivity contribution < 1.29 is 14.3 Å². The van der Waals surface area contributed by atoms with Crippen molar-refractivity contribution in [3.05, 3.63) is 94.0 Å². The lowest BCUT2D eigenvalue weighted by atomic mass is 9.93. The summed E-state index contributed by atoms with van der Waals surface area (Å²) in [6.07, 6.45) is 0.791. The predicted molar refractivity (Wildman–Crippen MR) is 131 cm³/mol. The van der Waals surface area contributed by atoms with Gasteiger partial charge in [0.1, 0.15) is 23.4 Å². The standard InChI is InChI=1S/C27H27ClN2O3/c1-17(2)33-24-15-22(32-4)12-13-23(24)27-29-25(20-7-5-6-18(3)14-20)26(30(27)16-31)19-8-10-21(28)11-9-19/h5-17,25-26H,1-4H3. The molecule has 0 saturated carbocycles. The Morgan fingerprint density at radius 2 is 1.79 bits per heavy atom. The number of hydrogen-bond acceptors (Lipinski definition) is 4. The zero-order chi connectivity index (χ0) is 23.5. The van der Waals surface area contributed by atoms with Gasteiger partial charge in [-0.2, -0.15) is 0 Å². The Labute approximate surface area is 199 Å². The first-order valence-electron chi connectivity index (χ1n) is 10.9. The number of carbonyl (C=O) groups is 1. The number of hydrogen-bond donors (Lipinski definition) is 0. The van der Waals surface area contributed by atoms with Crippen LogP contribution in [0, 0.1) is 6.92 Å². The molecule has 6 heteroatoms. The fourth-order valence-electron chi connectivity index (χ4n) is 4.16. The van der Waals surface area contributed by atoms with Crippen LogP contribution in [0.2, 0.25) is 5.02 Å². The quantitative estimate of drug-likeness (QED) is 0.396. The minimum atomic E-state index is -0.314. The van der Waals surface area contributed by atoms with Crippen LogP contribution in [0.4, 0.5) is 0 Å². The zero-order valence-electron chi connectivity index (χ0n) is 19.2. The number of amidine groups is 1. The van der Waals surface area contributed by atoms with E-state index in [-0.39, 0.29) is 18.2 Å². The van der Waals surface area contributed by atoms with E-state index >= 15 is 0 Å². The van der Waals surface area contributed by atoms with Gasteiger partial charge in [0.25, 0.3) is 0 Å². The van der Waals surface area contributed by atoms with Crippen molar-refractivity contribution in [3.8, 4) is 11.5 Å². The summed E-state index contributed by atoms with van der Waals surface area (Å²) in [6.45, 7) is 5.97. The van der Waals surface area contributed by atoms with Crippen molar-refractivity contribution in [2.75, 3.05) is 7.11 Å². The number of amides is 1. The SMILES string of the molecule is COc1ccc(C2=NC(c3cccc(C)c3)C(c3ccc(Cl)cc3)N2C=O)c(OC(C)C)c1. The van der Waals surface area contributed by atoms with Crippen LogP contribution in [0.1, 0.15) is 48.2 Å². The van der Waals surface area contributed by atoms with E-state index in [0.717, 1.165) is 28.7 Å². The molecule has 1 aliphatic heterocycles. The Bertz CT molecular complexity index is 1170. The number of carbonyl (C=O) groups excluding carboxylic acids is 1. The molecule has 0 aromatic heterocycles. The van der Waals surface area contributed by atoms with Gasteiger partial charge in [-0.05, 0) is 56.2 Å². The molecule has 1 amide bonds. The molecule has 33 heavy (non-hydrogen) atoms. The first-order chi connectivity index (χ1) is 15.9. The molecule has 3 aromatic carbocycles. The van der Waals surface area contributed by atoms with Gasteiger partial charge in [-0.15, -0.1) is 0 Å². The second-order valence-electron chi connectivity index (χ2n) is 8.35. The average molecular weight is 463 g/mol. The summed E-state index contributed by atoms with van der Waals surface area (Å²) in [7, 11) is 1.61. The highest BCUT2D eigenvalue weighted by Crippen LogP contribution is 2.44. The molecule has 0 fully saturated rings. The maximum absolute atomic E-state index is 12.5. The third-order valence-electron chi connectivity index (χ3n) is 5.61. The molecule has 1 aliphatic rings. The van der Waals surface area contributed by atoms with Crippen LogP contribution in [0.3, 0.4) is 0 Å². The van der Waals surface area contributed by atoms with Gasteiger partial charge in [0.05, 0.1) is 24.8 Å². The summed E-state index contributed by atoms with van der Waals surface area (Å²) in [6, 6.07) is 20.8. The van der Waals surface area contributed by atoms with Crippen molar-refractivity contribution in [2.45, 2.75) is 39.0 Å². The third kappa shape index (κ3) is 4.74. The van der Waals surface area contributed by atoms with Gasteiger partial charge in [0, 0.05) is 11.1 Å². The van der Waals surface area contributed by atoms with E-state index in [0.29, 0.717) is 22.4 Å². The monoisotopic (exact) mass is 462 g/mol. The number of rotatable bonds is 7. The number of ether oxygens (including phenoxy) is 2. The van der Waals surface area contributed by atoms with Crippen molar-refractivity contribution >= 4 is 23.8 Å². The van der Waals surface area contributed by atoms with Crippen LogP contribution >= 0.6 is 11.6 Å². The lowest BCUT2D eigenvalue weighted by Crippen LogP contribution is -2.31. The van der Waals surface area contributed by atoms with E-state index in [2.05, 4.69) is 25.1 Å². The van der Waals surface area contributed by atoms with Crippen LogP contribution in [0.5, 0.6) is 11.5 Å². The van der Waals surface area contributed by atoms with Crippen molar-refractivity contribution in [1.29, 1.82) is 0 Å². The van der Waals surface area contributed by atoms with E-state index in [1.165, 1.54) is 0 Å². The molecule has 4 rings (SSSR count). The normalized spacial score (nSPS) is 17.8. The van der Waals surface area contributed by atoms with Crippen LogP contribution in [0.25, 0.3) is 0 Å². The Kier molecular flexibility index (Phi) is 6.70. The summed E-state index contributed by atoms with van der Waals surface area (Å²) in [5, 5.41) is 0.644. The molecule has 2 atom stereocenters. The number of aliphatic imine (C=N–C) groups is 1. The molecule has 1 heterocycles. The van der Waals surface area contributed by atoms with E-state index < -0.39 is 0 Å². The Hall–Kier alpha value is -3.31. The molecular formula is C27H27ClN2O3. The van der Waals surface area contributed by atoms with Gasteiger partial charge in [-0.25, -0.2) is 0 Å². The summed E-state index contributed by atoms with van der Waals surface area (Å²) < 4.78 is 11.5. The maximum atomic E-state index is 12.5. The number of methoxy groups -OCH3 is 1. The maximum Gasteiger partial charge on any atom is 0.215 e. The van der Waals surface area contributed by atoms with E-state index in [1.807, 2.05) is 62.4 Å². The number of benzene rings is 3. The molecule has 0 N–H and O–H groups in total. The van der Waals surface area contributed by atoms with Gasteiger partial charge in [-0.3, -0.25) is 14.7 Å². The highest BCUT2D eigenvalue weighted by atomic mass is 35.5. The van der Waals surface area contributed by atoms with Crippen molar-refractivity contribution in [2.24, 2.45) is 4.99 Å². The van der Waals surface area contributed by atoms with E-state index in [1.54, 1.807) is 12.0 Å². The van der Waals surface area contributed by atoms with Gasteiger partial charge < -0.3 is 9.47 Å². The Balaban J connectivity index is 1.88. The minimum Gasteiger partial charge on any atom is -0.497 e. The number of halogens is 1. The molecule has 5 nitrogen and oxygen atoms in total. The van der Waals surface area contributed by atoms with E-state index in [4.69, 9.17) is 26.1 Å². The van der Waals surface area contributed by atoms with Gasteiger partial charge in [0.2, 0.25) is 6.41 Å². The van der Waals surface area contributed by atoms with Crippen LogP contribution in [0.15, 0.2) is 71.7 Å². The summed E-state index contributed by atoms with van der Waals surface area (Å²) in [5.41, 5.74) is 3.87. The molecule has 0 radical (unpaired) electrons. The lowest BCUT2D eigenvalue weighted by Gasteiger charge is -2.27. The summed E-state index contributed by atoms with van der Waals surface area (Å²) in [5.74, 6) is 1.86. The highest BCUT2D eigenvalue weighted by Gasteiger charge is 2.39. The van der Waals surface area contributed by atoms with Crippen LogP contribution < -0.4 is 9.47 Å². The molecule has 2 unspecified atom stereocenters. The van der Waals surface area contributed by atoms with Gasteiger partial charge >= 0.3 is 0 Å². The lowest BCUT2D eigenvalue weighted by molar-refractivity contribution is -0.116. The van der Waals surface area contributed by atoms with Gasteiger partial charge in [-0.1, -0.05) is 53.6 Å².